The molecule has 4 nitrogen and oxygen atoms in total. The van der Waals surface area contributed by atoms with Crippen molar-refractivity contribution < 1.29 is 22.0 Å². The minimum absolute atomic E-state index is 0.351. The predicted molar refractivity (Wildman–Crippen MR) is 95.5 cm³/mol. The molecule has 2 rings (SSSR count). The van der Waals surface area contributed by atoms with Crippen LogP contribution in [0.5, 0.6) is 0 Å². The average Bonchev–Trinajstić information content (AvgIpc) is 2.59. The van der Waals surface area contributed by atoms with E-state index in [9.17, 15) is 22.0 Å². The largest absolute Gasteiger partial charge is 0.378 e. The van der Waals surface area contributed by atoms with Gasteiger partial charge in [-0.1, -0.05) is 30.4 Å². The van der Waals surface area contributed by atoms with Crippen molar-refractivity contribution in [3.05, 3.63) is 59.7 Å². The highest BCUT2D eigenvalue weighted by atomic mass is 32.2. The molecule has 0 saturated carbocycles. The van der Waals surface area contributed by atoms with Crippen molar-refractivity contribution in [3.63, 3.8) is 0 Å². The van der Waals surface area contributed by atoms with E-state index in [0.717, 1.165) is 23.4 Å². The summed E-state index contributed by atoms with van der Waals surface area (Å²) in [6.45, 7) is 0. The van der Waals surface area contributed by atoms with Gasteiger partial charge in [0.25, 0.3) is 6.43 Å². The van der Waals surface area contributed by atoms with Crippen LogP contribution >= 0.6 is 0 Å². The van der Waals surface area contributed by atoms with E-state index < -0.39 is 34.0 Å². The van der Waals surface area contributed by atoms with Crippen molar-refractivity contribution in [2.24, 2.45) is 5.92 Å². The summed E-state index contributed by atoms with van der Waals surface area (Å²) in [5.41, 5.74) is 1.35. The minimum Gasteiger partial charge on any atom is -0.378 e. The quantitative estimate of drug-likeness (QED) is 0.595. The predicted octanol–water partition coefficient (Wildman–Crippen LogP) is 2.76. The fourth-order valence-electron chi connectivity index (χ4n) is 2.29. The third-order valence-corrected chi connectivity index (χ3v) is 4.45. The Labute approximate surface area is 146 Å². The summed E-state index contributed by atoms with van der Waals surface area (Å²) in [5, 5.41) is 0. The first kappa shape index (κ1) is 18.8. The van der Waals surface area contributed by atoms with Crippen LogP contribution in [0.4, 0.5) is 14.5 Å². The SMILES string of the molecule is CN(C)c1ccc(C=CC(=O)C2C=CC(C(F)F)=CC2=S(=O)=O)cc1. The highest BCUT2D eigenvalue weighted by Gasteiger charge is 2.25. The molecule has 0 spiro atoms. The summed E-state index contributed by atoms with van der Waals surface area (Å²) >= 11 is 0. The molecule has 0 heterocycles. The molecule has 25 heavy (non-hydrogen) atoms. The van der Waals surface area contributed by atoms with Crippen molar-refractivity contribution in [1.82, 2.24) is 0 Å². The van der Waals surface area contributed by atoms with Crippen molar-refractivity contribution >= 4 is 32.7 Å². The van der Waals surface area contributed by atoms with E-state index >= 15 is 0 Å². The summed E-state index contributed by atoms with van der Waals surface area (Å²) in [4.78, 5) is 13.9. The number of carbonyl (C=O) groups excluding carboxylic acids is 1. The number of anilines is 1. The van der Waals surface area contributed by atoms with Crippen LogP contribution in [0.1, 0.15) is 5.56 Å². The van der Waals surface area contributed by atoms with Gasteiger partial charge in [-0.15, -0.1) is 0 Å². The Balaban J connectivity index is 2.20. The molecule has 0 saturated heterocycles. The Bertz CT molecular complexity index is 871. The lowest BCUT2D eigenvalue weighted by Gasteiger charge is -2.14. The van der Waals surface area contributed by atoms with Crippen LogP contribution in [0.15, 0.2) is 54.1 Å². The number of hydrogen-bond acceptors (Lipinski definition) is 4. The molecule has 0 aliphatic heterocycles. The lowest BCUT2D eigenvalue weighted by Crippen LogP contribution is -2.23. The Morgan fingerprint density at radius 1 is 1.20 bits per heavy atom. The van der Waals surface area contributed by atoms with Crippen LogP contribution < -0.4 is 4.90 Å². The van der Waals surface area contributed by atoms with E-state index in [1.165, 1.54) is 12.2 Å². The molecule has 0 bridgehead atoms. The standard InChI is InChI=1S/C18H17F2NO3S/c1-21(2)14-7-3-12(4-8-14)5-10-16(22)15-9-6-13(18(19)20)11-17(15)25(23)24/h3-11,15,18H,1-2H3. The molecule has 1 aliphatic rings. The normalized spacial score (nSPS) is 17.1. The Kier molecular flexibility index (Phi) is 6.03. The molecule has 1 atom stereocenters. The Morgan fingerprint density at radius 3 is 2.36 bits per heavy atom. The first-order valence-corrected chi connectivity index (χ1v) is 8.50. The van der Waals surface area contributed by atoms with Gasteiger partial charge >= 0.3 is 0 Å². The van der Waals surface area contributed by atoms with E-state index in [2.05, 4.69) is 0 Å². The van der Waals surface area contributed by atoms with Crippen LogP contribution in [0.25, 0.3) is 6.08 Å². The first-order chi connectivity index (χ1) is 11.8. The summed E-state index contributed by atoms with van der Waals surface area (Å²) in [7, 11) is 1.07. The molecular weight excluding hydrogens is 348 g/mol. The zero-order valence-electron chi connectivity index (χ0n) is 13.7. The third-order valence-electron chi connectivity index (χ3n) is 3.70. The van der Waals surface area contributed by atoms with Gasteiger partial charge < -0.3 is 4.90 Å². The monoisotopic (exact) mass is 365 g/mol. The van der Waals surface area contributed by atoms with Gasteiger partial charge in [0.05, 0.1) is 10.8 Å². The van der Waals surface area contributed by atoms with Crippen LogP contribution in [0.2, 0.25) is 0 Å². The molecule has 7 heteroatoms. The van der Waals surface area contributed by atoms with Gasteiger partial charge in [-0.2, -0.15) is 8.42 Å². The van der Waals surface area contributed by atoms with E-state index in [0.29, 0.717) is 0 Å². The van der Waals surface area contributed by atoms with Crippen molar-refractivity contribution in [2.45, 2.75) is 6.43 Å². The molecule has 1 aliphatic carbocycles. The van der Waals surface area contributed by atoms with Crippen molar-refractivity contribution in [2.75, 3.05) is 19.0 Å². The number of nitrogens with zero attached hydrogens (tertiary/aromatic N) is 1. The molecule has 0 amide bonds. The molecule has 1 aromatic rings. The third kappa shape index (κ3) is 4.73. The van der Waals surface area contributed by atoms with Gasteiger partial charge in [-0.3, -0.25) is 4.79 Å². The van der Waals surface area contributed by atoms with Gasteiger partial charge in [-0.05, 0) is 29.8 Å². The molecular formula is C18H17F2NO3S. The number of benzene rings is 1. The summed E-state index contributed by atoms with van der Waals surface area (Å²) in [6.07, 6.45) is 3.16. The van der Waals surface area contributed by atoms with Gasteiger partial charge in [0.15, 0.2) is 5.78 Å². The fourth-order valence-corrected chi connectivity index (χ4v) is 2.93. The van der Waals surface area contributed by atoms with E-state index in [1.54, 1.807) is 6.08 Å². The number of hydrogen-bond donors (Lipinski definition) is 0. The molecule has 0 aromatic heterocycles. The molecule has 132 valence electrons. The number of ketones is 1. The van der Waals surface area contributed by atoms with E-state index in [1.807, 2.05) is 43.3 Å². The summed E-state index contributed by atoms with van der Waals surface area (Å²) < 4.78 is 48.0. The van der Waals surface area contributed by atoms with Crippen LogP contribution in [0.3, 0.4) is 0 Å². The van der Waals surface area contributed by atoms with E-state index in [-0.39, 0.29) is 4.86 Å². The van der Waals surface area contributed by atoms with Gasteiger partial charge in [0.1, 0.15) is 0 Å². The lowest BCUT2D eigenvalue weighted by molar-refractivity contribution is -0.115. The second-order valence-corrected chi connectivity index (χ2v) is 6.58. The van der Waals surface area contributed by atoms with Gasteiger partial charge in [-0.25, -0.2) is 8.78 Å². The van der Waals surface area contributed by atoms with Gasteiger partial charge in [0.2, 0.25) is 10.3 Å². The molecule has 0 N–H and O–H groups in total. The number of rotatable bonds is 5. The summed E-state index contributed by atoms with van der Waals surface area (Å²) in [5.74, 6) is -1.57. The second kappa shape index (κ2) is 8.02. The topological polar surface area (TPSA) is 54.5 Å². The molecule has 0 fully saturated rings. The zero-order chi connectivity index (χ0) is 18.6. The summed E-state index contributed by atoms with van der Waals surface area (Å²) in [6, 6.07) is 7.40. The number of carbonyl (C=O) groups is 1. The van der Waals surface area contributed by atoms with Gasteiger partial charge in [0, 0.05) is 25.4 Å². The maximum absolute atomic E-state index is 12.7. The molecule has 1 aromatic carbocycles. The average molecular weight is 365 g/mol. The van der Waals surface area contributed by atoms with Crippen molar-refractivity contribution in [3.8, 4) is 0 Å². The minimum atomic E-state index is -2.79. The second-order valence-electron chi connectivity index (χ2n) is 5.64. The number of alkyl halides is 2. The van der Waals surface area contributed by atoms with E-state index in [4.69, 9.17) is 0 Å². The maximum Gasteiger partial charge on any atom is 0.263 e. The lowest BCUT2D eigenvalue weighted by atomic mass is 9.92. The smallest absolute Gasteiger partial charge is 0.263 e. The van der Waals surface area contributed by atoms with Crippen LogP contribution in [-0.2, 0) is 15.1 Å². The van der Waals surface area contributed by atoms with Crippen LogP contribution in [0, 0.1) is 5.92 Å². The Morgan fingerprint density at radius 2 is 1.84 bits per heavy atom. The van der Waals surface area contributed by atoms with Crippen molar-refractivity contribution in [1.29, 1.82) is 0 Å². The highest BCUT2D eigenvalue weighted by molar-refractivity contribution is 7.73. The fraction of sp³-hybridized carbons (Fsp3) is 0.222. The van der Waals surface area contributed by atoms with Crippen LogP contribution in [-0.4, -0.2) is 39.6 Å². The molecule has 1 unspecified atom stereocenters. The first-order valence-electron chi connectivity index (χ1n) is 7.43. The zero-order valence-corrected chi connectivity index (χ0v) is 14.5. The number of halogens is 2. The molecule has 0 radical (unpaired) electrons. The maximum atomic E-state index is 12.7. The highest BCUT2D eigenvalue weighted by Crippen LogP contribution is 2.21. The number of allylic oxidation sites excluding steroid dienone is 5. The Hall–Kier alpha value is -2.54.